The number of sulfone groups is 1. The van der Waals surface area contributed by atoms with E-state index in [4.69, 9.17) is 0 Å². The van der Waals surface area contributed by atoms with E-state index in [9.17, 15) is 8.42 Å². The van der Waals surface area contributed by atoms with Crippen molar-refractivity contribution in [3.05, 3.63) is 0 Å². The van der Waals surface area contributed by atoms with Crippen molar-refractivity contribution in [2.24, 2.45) is 4.99 Å². The van der Waals surface area contributed by atoms with Crippen LogP contribution in [0.2, 0.25) is 0 Å². The largest absolute Gasteiger partial charge is 0.349 e. The Morgan fingerprint density at radius 3 is 2.12 bits per heavy atom. The summed E-state index contributed by atoms with van der Waals surface area (Å²) in [6.07, 6.45) is 1.53. The van der Waals surface area contributed by atoms with Gasteiger partial charge in [0.2, 0.25) is 0 Å². The molecule has 1 rings (SSSR count). The first-order valence-corrected chi connectivity index (χ1v) is 7.17. The molecular weight excluding hydrogens is 353 g/mol. The van der Waals surface area contributed by atoms with Crippen molar-refractivity contribution >= 4 is 39.8 Å². The highest BCUT2D eigenvalue weighted by Gasteiger charge is 2.31. The van der Waals surface area contributed by atoms with Gasteiger partial charge in [-0.15, -0.1) is 24.0 Å². The van der Waals surface area contributed by atoms with Crippen LogP contribution in [0.15, 0.2) is 4.99 Å². The molecule has 5 nitrogen and oxygen atoms in total. The van der Waals surface area contributed by atoms with Crippen LogP contribution in [0, 0.1) is 0 Å². The van der Waals surface area contributed by atoms with E-state index in [1.165, 1.54) is 0 Å². The molecule has 0 amide bonds. The molecule has 0 saturated carbocycles. The number of nitrogens with zero attached hydrogens (tertiary/aromatic N) is 3. The summed E-state index contributed by atoms with van der Waals surface area (Å²) in [5, 5.41) is -0.276. The van der Waals surface area contributed by atoms with E-state index in [0.29, 0.717) is 12.3 Å². The maximum Gasteiger partial charge on any atom is 0.195 e. The van der Waals surface area contributed by atoms with Crippen LogP contribution in [0.5, 0.6) is 0 Å². The van der Waals surface area contributed by atoms with Gasteiger partial charge in [0.15, 0.2) is 15.8 Å². The van der Waals surface area contributed by atoms with E-state index in [2.05, 4.69) is 4.99 Å². The summed E-state index contributed by atoms with van der Waals surface area (Å²) >= 11 is 0. The minimum absolute atomic E-state index is 0. The Hall–Kier alpha value is -0.0500. The standard InChI is InChI=1S/C10H21N3O2S.HI/c1-12(2)10(13(3)4)11-8-9-6-5-7-16(9,14)15;/h9H,5-8H2,1-4H3;1H. The van der Waals surface area contributed by atoms with Crippen molar-refractivity contribution in [3.63, 3.8) is 0 Å². The number of halogens is 1. The van der Waals surface area contributed by atoms with Gasteiger partial charge in [-0.05, 0) is 12.8 Å². The van der Waals surface area contributed by atoms with E-state index < -0.39 is 9.84 Å². The molecule has 0 aromatic rings. The van der Waals surface area contributed by atoms with E-state index >= 15 is 0 Å². The number of hydrogen-bond acceptors (Lipinski definition) is 3. The lowest BCUT2D eigenvalue weighted by atomic mass is 10.2. The number of aliphatic imine (C=N–C) groups is 1. The van der Waals surface area contributed by atoms with Crippen LogP contribution in [0.25, 0.3) is 0 Å². The maximum atomic E-state index is 11.6. The molecule has 1 fully saturated rings. The highest BCUT2D eigenvalue weighted by molar-refractivity contribution is 14.0. The van der Waals surface area contributed by atoms with Gasteiger partial charge in [-0.3, -0.25) is 4.99 Å². The lowest BCUT2D eigenvalue weighted by molar-refractivity contribution is 0.478. The maximum absolute atomic E-state index is 11.6. The third kappa shape index (κ3) is 4.61. The third-order valence-corrected chi connectivity index (χ3v) is 4.96. The molecule has 0 aliphatic carbocycles. The molecule has 0 aromatic heterocycles. The topological polar surface area (TPSA) is 53.0 Å². The molecular formula is C10H22IN3O2S. The van der Waals surface area contributed by atoms with Crippen molar-refractivity contribution in [1.82, 2.24) is 9.80 Å². The van der Waals surface area contributed by atoms with Gasteiger partial charge in [0.05, 0.1) is 17.5 Å². The average Bonchev–Trinajstić information content (AvgIpc) is 2.44. The summed E-state index contributed by atoms with van der Waals surface area (Å²) in [6.45, 7) is 0.383. The Morgan fingerprint density at radius 1 is 1.24 bits per heavy atom. The highest BCUT2D eigenvalue weighted by Crippen LogP contribution is 2.20. The van der Waals surface area contributed by atoms with Crippen LogP contribution in [-0.2, 0) is 9.84 Å². The first kappa shape index (κ1) is 16.9. The molecule has 17 heavy (non-hydrogen) atoms. The molecule has 1 unspecified atom stereocenters. The lowest BCUT2D eigenvalue weighted by Gasteiger charge is -2.23. The molecule has 0 spiro atoms. The van der Waals surface area contributed by atoms with E-state index in [-0.39, 0.29) is 29.2 Å². The molecule has 7 heteroatoms. The fraction of sp³-hybridized carbons (Fsp3) is 0.900. The summed E-state index contributed by atoms with van der Waals surface area (Å²) in [4.78, 5) is 8.17. The van der Waals surface area contributed by atoms with Gasteiger partial charge in [-0.2, -0.15) is 0 Å². The van der Waals surface area contributed by atoms with Crippen LogP contribution < -0.4 is 0 Å². The van der Waals surface area contributed by atoms with E-state index in [1.807, 2.05) is 38.0 Å². The predicted octanol–water partition coefficient (Wildman–Crippen LogP) is 0.661. The van der Waals surface area contributed by atoms with E-state index in [1.54, 1.807) is 0 Å². The van der Waals surface area contributed by atoms with Crippen molar-refractivity contribution < 1.29 is 8.42 Å². The monoisotopic (exact) mass is 375 g/mol. The second kappa shape index (κ2) is 6.77. The predicted molar refractivity (Wildman–Crippen MR) is 81.9 cm³/mol. The Kier molecular flexibility index (Phi) is 6.75. The first-order chi connectivity index (χ1) is 7.34. The number of guanidine groups is 1. The van der Waals surface area contributed by atoms with Crippen LogP contribution in [0.4, 0.5) is 0 Å². The van der Waals surface area contributed by atoms with Gasteiger partial charge in [-0.1, -0.05) is 0 Å². The van der Waals surface area contributed by atoms with Gasteiger partial charge < -0.3 is 9.80 Å². The van der Waals surface area contributed by atoms with Crippen molar-refractivity contribution in [3.8, 4) is 0 Å². The van der Waals surface area contributed by atoms with Crippen LogP contribution in [0.1, 0.15) is 12.8 Å². The SMILES string of the molecule is CN(C)C(=NCC1CCCS1(=O)=O)N(C)C.I. The van der Waals surface area contributed by atoms with Crippen LogP contribution in [0.3, 0.4) is 0 Å². The van der Waals surface area contributed by atoms with Crippen LogP contribution in [-0.4, -0.2) is 69.9 Å². The van der Waals surface area contributed by atoms with Gasteiger partial charge in [0.1, 0.15) is 0 Å². The Morgan fingerprint density at radius 2 is 1.76 bits per heavy atom. The molecule has 1 atom stereocenters. The van der Waals surface area contributed by atoms with Crippen molar-refractivity contribution in [1.29, 1.82) is 0 Å². The second-order valence-corrected chi connectivity index (χ2v) is 6.96. The summed E-state index contributed by atoms with van der Waals surface area (Å²) < 4.78 is 23.2. The molecule has 1 aliphatic heterocycles. The normalized spacial score (nSPS) is 21.5. The lowest BCUT2D eigenvalue weighted by Crippen LogP contribution is -2.36. The van der Waals surface area contributed by atoms with Gasteiger partial charge in [-0.25, -0.2) is 8.42 Å². The fourth-order valence-corrected chi connectivity index (χ4v) is 3.66. The van der Waals surface area contributed by atoms with Gasteiger partial charge >= 0.3 is 0 Å². The third-order valence-electron chi connectivity index (χ3n) is 2.70. The quantitative estimate of drug-likeness (QED) is 0.404. The Labute approximate surface area is 121 Å². The first-order valence-electron chi connectivity index (χ1n) is 5.45. The van der Waals surface area contributed by atoms with Crippen LogP contribution >= 0.6 is 24.0 Å². The summed E-state index contributed by atoms with van der Waals surface area (Å²) in [6, 6.07) is 0. The minimum Gasteiger partial charge on any atom is -0.349 e. The molecule has 0 N–H and O–H groups in total. The van der Waals surface area contributed by atoms with Gasteiger partial charge in [0, 0.05) is 28.2 Å². The molecule has 0 radical (unpaired) electrons. The summed E-state index contributed by atoms with van der Waals surface area (Å²) in [5.74, 6) is 1.13. The zero-order valence-electron chi connectivity index (χ0n) is 10.9. The molecule has 0 bridgehead atoms. The zero-order chi connectivity index (χ0) is 12.3. The molecule has 1 aliphatic rings. The molecule has 102 valence electrons. The number of rotatable bonds is 2. The van der Waals surface area contributed by atoms with Gasteiger partial charge in [0.25, 0.3) is 0 Å². The Bertz CT molecular complexity index is 356. The van der Waals surface area contributed by atoms with Crippen molar-refractivity contribution in [2.75, 3.05) is 40.5 Å². The summed E-state index contributed by atoms with van der Waals surface area (Å²) in [7, 11) is 4.74. The second-order valence-electron chi connectivity index (χ2n) is 4.56. The van der Waals surface area contributed by atoms with E-state index in [0.717, 1.165) is 18.8 Å². The molecule has 1 heterocycles. The zero-order valence-corrected chi connectivity index (χ0v) is 14.0. The number of hydrogen-bond donors (Lipinski definition) is 0. The van der Waals surface area contributed by atoms with Crippen molar-refractivity contribution in [2.45, 2.75) is 18.1 Å². The smallest absolute Gasteiger partial charge is 0.195 e. The minimum atomic E-state index is -2.88. The summed E-state index contributed by atoms with van der Waals surface area (Å²) in [5.41, 5.74) is 0. The average molecular weight is 375 g/mol. The molecule has 0 aromatic carbocycles. The highest BCUT2D eigenvalue weighted by atomic mass is 127. The molecule has 1 saturated heterocycles. The fourth-order valence-electron chi connectivity index (χ4n) is 1.93. The Balaban J connectivity index is 0.00000256.